The van der Waals surface area contributed by atoms with Crippen LogP contribution in [0.3, 0.4) is 0 Å². The van der Waals surface area contributed by atoms with Crippen LogP contribution in [0.1, 0.15) is 40.0 Å². The highest BCUT2D eigenvalue weighted by atomic mass is 32.2. The molecule has 0 aliphatic rings. The maximum absolute atomic E-state index is 13.5. The second-order valence-corrected chi connectivity index (χ2v) is 5.83. The third kappa shape index (κ3) is 3.05. The highest BCUT2D eigenvalue weighted by Crippen LogP contribution is 2.23. The fourth-order valence-electron chi connectivity index (χ4n) is 1.87. The van der Waals surface area contributed by atoms with Crippen molar-refractivity contribution in [2.45, 2.75) is 50.6 Å². The van der Waals surface area contributed by atoms with E-state index >= 15 is 0 Å². The quantitative estimate of drug-likeness (QED) is 0.867. The number of nitrogens with zero attached hydrogens (tertiary/aromatic N) is 1. The second kappa shape index (κ2) is 5.75. The van der Waals surface area contributed by atoms with E-state index < -0.39 is 26.4 Å². The van der Waals surface area contributed by atoms with Crippen LogP contribution in [-0.4, -0.2) is 18.9 Å². The van der Waals surface area contributed by atoms with Crippen molar-refractivity contribution in [2.24, 2.45) is 0 Å². The van der Waals surface area contributed by atoms with Gasteiger partial charge in [-0.3, -0.25) is 0 Å². The molecule has 0 saturated heterocycles. The van der Waals surface area contributed by atoms with Crippen molar-refractivity contribution in [2.75, 3.05) is 0 Å². The van der Waals surface area contributed by atoms with E-state index in [9.17, 15) is 12.8 Å². The zero-order valence-electron chi connectivity index (χ0n) is 10.9. The summed E-state index contributed by atoms with van der Waals surface area (Å²) in [6, 6.07) is 2.45. The van der Waals surface area contributed by atoms with Crippen molar-refractivity contribution in [1.82, 2.24) is 9.71 Å². The van der Waals surface area contributed by atoms with Crippen LogP contribution in [0.25, 0.3) is 0 Å². The molecule has 1 heterocycles. The van der Waals surface area contributed by atoms with Gasteiger partial charge in [0.25, 0.3) is 10.0 Å². The molecule has 0 unspecified atom stereocenters. The average molecular weight is 274 g/mol. The van der Waals surface area contributed by atoms with Crippen LogP contribution in [0.5, 0.6) is 0 Å². The minimum Gasteiger partial charge on any atom is -0.241 e. The summed E-state index contributed by atoms with van der Waals surface area (Å²) in [7, 11) is -3.92. The zero-order valence-corrected chi connectivity index (χ0v) is 11.7. The summed E-state index contributed by atoms with van der Waals surface area (Å²) >= 11 is 0. The largest absolute Gasteiger partial charge is 0.261 e. The highest BCUT2D eigenvalue weighted by molar-refractivity contribution is 7.89. The molecule has 18 heavy (non-hydrogen) atoms. The minimum atomic E-state index is -3.92. The smallest absolute Gasteiger partial charge is 0.241 e. The van der Waals surface area contributed by atoms with Gasteiger partial charge in [-0.1, -0.05) is 20.8 Å². The molecule has 1 N–H and O–H groups in total. The number of sulfonamides is 1. The Hall–Kier alpha value is -1.01. The number of hydrogen-bond donors (Lipinski definition) is 1. The Morgan fingerprint density at radius 3 is 2.28 bits per heavy atom. The molecule has 102 valence electrons. The molecule has 1 rings (SSSR count). The molecule has 0 atom stereocenters. The lowest BCUT2D eigenvalue weighted by Gasteiger charge is -2.31. The van der Waals surface area contributed by atoms with Crippen LogP contribution >= 0.6 is 0 Å². The Bertz CT molecular complexity index is 490. The predicted molar refractivity (Wildman–Crippen MR) is 68.1 cm³/mol. The van der Waals surface area contributed by atoms with E-state index in [-0.39, 0.29) is 0 Å². The fourth-order valence-corrected chi connectivity index (χ4v) is 3.49. The van der Waals surface area contributed by atoms with E-state index in [1.54, 1.807) is 0 Å². The lowest BCUT2D eigenvalue weighted by atomic mass is 9.91. The Kier molecular flexibility index (Phi) is 4.81. The molecule has 1 aromatic rings. The van der Waals surface area contributed by atoms with Gasteiger partial charge in [0.05, 0.1) is 0 Å². The average Bonchev–Trinajstić information content (AvgIpc) is 2.36. The van der Waals surface area contributed by atoms with Gasteiger partial charge < -0.3 is 0 Å². The molecule has 0 aliphatic heterocycles. The minimum absolute atomic E-state index is 0.537. The van der Waals surface area contributed by atoms with Gasteiger partial charge in [0.1, 0.15) is 0 Å². The van der Waals surface area contributed by atoms with Gasteiger partial charge in [-0.2, -0.15) is 0 Å². The first kappa shape index (κ1) is 15.0. The monoisotopic (exact) mass is 274 g/mol. The van der Waals surface area contributed by atoms with E-state index in [2.05, 4.69) is 9.71 Å². The summed E-state index contributed by atoms with van der Waals surface area (Å²) in [6.07, 6.45) is 3.21. The third-order valence-electron chi connectivity index (χ3n) is 3.36. The Labute approximate surface area is 108 Å². The first-order valence-electron chi connectivity index (χ1n) is 6.05. The zero-order chi connectivity index (χ0) is 13.8. The first-order valence-corrected chi connectivity index (χ1v) is 7.53. The van der Waals surface area contributed by atoms with E-state index in [1.165, 1.54) is 12.3 Å². The Morgan fingerprint density at radius 1 is 1.28 bits per heavy atom. The van der Waals surface area contributed by atoms with Gasteiger partial charge in [-0.25, -0.2) is 22.5 Å². The molecule has 0 aliphatic carbocycles. The SMILES string of the molecule is CCC(CC)(CC)NS(=O)(=O)c1ncccc1F. The number of aromatic nitrogens is 1. The lowest BCUT2D eigenvalue weighted by molar-refractivity contribution is 0.340. The van der Waals surface area contributed by atoms with Crippen LogP contribution in [0, 0.1) is 5.82 Å². The highest BCUT2D eigenvalue weighted by Gasteiger charge is 2.32. The normalized spacial score (nSPS) is 12.7. The molecule has 0 spiro atoms. The molecule has 6 heteroatoms. The molecular formula is C12H19FN2O2S. The Balaban J connectivity index is 3.13. The number of hydrogen-bond acceptors (Lipinski definition) is 3. The summed E-state index contributed by atoms with van der Waals surface area (Å²) in [5, 5.41) is -0.537. The van der Waals surface area contributed by atoms with Gasteiger partial charge in [-0.15, -0.1) is 0 Å². The van der Waals surface area contributed by atoms with Crippen molar-refractivity contribution in [3.63, 3.8) is 0 Å². The maximum Gasteiger partial charge on any atom is 0.261 e. The van der Waals surface area contributed by atoms with Crippen LogP contribution in [0.2, 0.25) is 0 Å². The summed E-state index contributed by atoms with van der Waals surface area (Å²) in [4.78, 5) is 3.61. The molecule has 0 amide bonds. The van der Waals surface area contributed by atoms with Crippen LogP contribution in [0.15, 0.2) is 23.4 Å². The summed E-state index contributed by atoms with van der Waals surface area (Å²) in [5.74, 6) is -0.831. The van der Waals surface area contributed by atoms with Crippen LogP contribution in [0.4, 0.5) is 4.39 Å². The molecule has 0 aromatic carbocycles. The van der Waals surface area contributed by atoms with Crippen LogP contribution < -0.4 is 4.72 Å². The molecular weight excluding hydrogens is 255 g/mol. The molecule has 0 saturated carbocycles. The molecule has 0 bridgehead atoms. The van der Waals surface area contributed by atoms with Crippen molar-refractivity contribution in [3.05, 3.63) is 24.1 Å². The van der Waals surface area contributed by atoms with Crippen molar-refractivity contribution in [1.29, 1.82) is 0 Å². The lowest BCUT2D eigenvalue weighted by Crippen LogP contribution is -2.47. The van der Waals surface area contributed by atoms with Crippen molar-refractivity contribution < 1.29 is 12.8 Å². The summed E-state index contributed by atoms with van der Waals surface area (Å²) < 4.78 is 40.3. The second-order valence-electron chi connectivity index (χ2n) is 4.24. The molecule has 0 fully saturated rings. The standard InChI is InChI=1S/C12H19FN2O2S/c1-4-12(5-2,6-3)15-18(16,17)11-10(13)8-7-9-14-11/h7-9,15H,4-6H2,1-3H3. The molecule has 0 radical (unpaired) electrons. The number of halogens is 1. The van der Waals surface area contributed by atoms with E-state index in [0.717, 1.165) is 6.07 Å². The van der Waals surface area contributed by atoms with Gasteiger partial charge in [0.2, 0.25) is 5.03 Å². The van der Waals surface area contributed by atoms with Gasteiger partial charge in [-0.05, 0) is 31.4 Å². The van der Waals surface area contributed by atoms with Crippen LogP contribution in [-0.2, 0) is 10.0 Å². The Morgan fingerprint density at radius 2 is 1.83 bits per heavy atom. The van der Waals surface area contributed by atoms with E-state index in [0.29, 0.717) is 19.3 Å². The maximum atomic E-state index is 13.5. The molecule has 1 aromatic heterocycles. The topological polar surface area (TPSA) is 59.1 Å². The number of pyridine rings is 1. The summed E-state index contributed by atoms with van der Waals surface area (Å²) in [5.41, 5.74) is -0.539. The number of rotatable bonds is 6. The van der Waals surface area contributed by atoms with Gasteiger partial charge in [0.15, 0.2) is 5.82 Å². The third-order valence-corrected chi connectivity index (χ3v) is 4.87. The first-order chi connectivity index (χ1) is 8.40. The van der Waals surface area contributed by atoms with E-state index in [1.807, 2.05) is 20.8 Å². The fraction of sp³-hybridized carbons (Fsp3) is 0.583. The summed E-state index contributed by atoms with van der Waals surface area (Å²) in [6.45, 7) is 5.72. The van der Waals surface area contributed by atoms with Gasteiger partial charge >= 0.3 is 0 Å². The van der Waals surface area contributed by atoms with Crippen molar-refractivity contribution >= 4 is 10.0 Å². The van der Waals surface area contributed by atoms with E-state index in [4.69, 9.17) is 0 Å². The van der Waals surface area contributed by atoms with Crippen molar-refractivity contribution in [3.8, 4) is 0 Å². The number of nitrogens with one attached hydrogen (secondary N) is 1. The predicted octanol–water partition coefficient (Wildman–Crippen LogP) is 2.47. The molecule has 4 nitrogen and oxygen atoms in total. The van der Waals surface area contributed by atoms with Gasteiger partial charge in [0, 0.05) is 11.7 Å².